The fourth-order valence-electron chi connectivity index (χ4n) is 3.59. The van der Waals surface area contributed by atoms with Crippen molar-refractivity contribution in [3.8, 4) is 0 Å². The van der Waals surface area contributed by atoms with Crippen molar-refractivity contribution in [2.45, 2.75) is 51.5 Å². The van der Waals surface area contributed by atoms with Crippen LogP contribution in [-0.4, -0.2) is 41.6 Å². The molecule has 3 rings (SSSR count). The van der Waals surface area contributed by atoms with Crippen molar-refractivity contribution < 1.29 is 9.32 Å². The lowest BCUT2D eigenvalue weighted by atomic mass is 9.95. The predicted octanol–water partition coefficient (Wildman–Crippen LogP) is 2.37. The fraction of sp³-hybridized carbons (Fsp3) is 0.750. The van der Waals surface area contributed by atoms with Gasteiger partial charge in [0.05, 0.1) is 0 Å². The maximum Gasteiger partial charge on any atom is 0.273 e. The summed E-state index contributed by atoms with van der Waals surface area (Å²) < 4.78 is 4.93. The van der Waals surface area contributed by atoms with E-state index in [9.17, 15) is 4.79 Å². The molecule has 1 saturated heterocycles. The van der Waals surface area contributed by atoms with E-state index < -0.39 is 0 Å². The van der Waals surface area contributed by atoms with Gasteiger partial charge in [0.1, 0.15) is 5.76 Å². The second-order valence-electron chi connectivity index (χ2n) is 6.45. The number of aryl methyl sites for hydroxylation is 1. The summed E-state index contributed by atoms with van der Waals surface area (Å²) in [4.78, 5) is 14.6. The van der Waals surface area contributed by atoms with Crippen LogP contribution in [0.5, 0.6) is 0 Å². The summed E-state index contributed by atoms with van der Waals surface area (Å²) in [5, 5.41) is 6.73. The first kappa shape index (κ1) is 14.6. The lowest BCUT2D eigenvalue weighted by molar-refractivity contribution is 0.0916. The van der Waals surface area contributed by atoms with Gasteiger partial charge in [-0.3, -0.25) is 4.79 Å². The smallest absolute Gasteiger partial charge is 0.273 e. The van der Waals surface area contributed by atoms with E-state index in [1.165, 1.54) is 51.6 Å². The van der Waals surface area contributed by atoms with Crippen LogP contribution in [0, 0.1) is 12.8 Å². The molecule has 2 fully saturated rings. The van der Waals surface area contributed by atoms with E-state index in [0.717, 1.165) is 12.6 Å². The first-order valence-electron chi connectivity index (χ1n) is 8.18. The number of hydrogen-bond donors (Lipinski definition) is 1. The standard InChI is InChI=1S/C16H25N3O2/c1-12-10-15(18-21-12)16(20)17-11-13-6-8-19(9-7-13)14-4-2-3-5-14/h10,13-14H,2-9,11H2,1H3,(H,17,20). The molecule has 0 spiro atoms. The molecule has 2 aliphatic rings. The topological polar surface area (TPSA) is 58.4 Å². The molecule has 0 aromatic carbocycles. The average Bonchev–Trinajstić information content (AvgIpc) is 3.16. The van der Waals surface area contributed by atoms with Crippen LogP contribution in [-0.2, 0) is 0 Å². The van der Waals surface area contributed by atoms with Crippen molar-refractivity contribution in [3.05, 3.63) is 17.5 Å². The molecular formula is C16H25N3O2. The van der Waals surface area contributed by atoms with Gasteiger partial charge in [-0.05, 0) is 51.6 Å². The van der Waals surface area contributed by atoms with Crippen LogP contribution in [0.2, 0.25) is 0 Å². The zero-order valence-electron chi connectivity index (χ0n) is 12.8. The molecule has 1 N–H and O–H groups in total. The van der Waals surface area contributed by atoms with E-state index in [1.54, 1.807) is 13.0 Å². The summed E-state index contributed by atoms with van der Waals surface area (Å²) in [6.45, 7) is 4.92. The lowest BCUT2D eigenvalue weighted by Gasteiger charge is -2.36. The molecule has 1 aromatic heterocycles. The van der Waals surface area contributed by atoms with E-state index >= 15 is 0 Å². The molecule has 1 aliphatic heterocycles. The van der Waals surface area contributed by atoms with E-state index in [1.807, 2.05) is 0 Å². The molecular weight excluding hydrogens is 266 g/mol. The van der Waals surface area contributed by atoms with Crippen LogP contribution in [0.4, 0.5) is 0 Å². The average molecular weight is 291 g/mol. The van der Waals surface area contributed by atoms with E-state index in [2.05, 4.69) is 15.4 Å². The number of carbonyl (C=O) groups excluding carboxylic acids is 1. The van der Waals surface area contributed by atoms with Crippen LogP contribution in [0.3, 0.4) is 0 Å². The third-order valence-electron chi connectivity index (χ3n) is 4.90. The molecule has 0 unspecified atom stereocenters. The van der Waals surface area contributed by atoms with Gasteiger partial charge >= 0.3 is 0 Å². The Balaban J connectivity index is 1.40. The van der Waals surface area contributed by atoms with Crippen LogP contribution < -0.4 is 5.32 Å². The maximum absolute atomic E-state index is 11.9. The minimum Gasteiger partial charge on any atom is -0.361 e. The predicted molar refractivity (Wildman–Crippen MR) is 80.1 cm³/mol. The third kappa shape index (κ3) is 3.64. The van der Waals surface area contributed by atoms with Gasteiger partial charge in [0.25, 0.3) is 5.91 Å². The van der Waals surface area contributed by atoms with Crippen LogP contribution >= 0.6 is 0 Å². The minimum atomic E-state index is -0.120. The molecule has 1 amide bonds. The molecule has 116 valence electrons. The summed E-state index contributed by atoms with van der Waals surface area (Å²) in [7, 11) is 0. The highest BCUT2D eigenvalue weighted by atomic mass is 16.5. The van der Waals surface area contributed by atoms with Crippen molar-refractivity contribution in [2.75, 3.05) is 19.6 Å². The van der Waals surface area contributed by atoms with Gasteiger partial charge in [-0.25, -0.2) is 0 Å². The molecule has 1 saturated carbocycles. The molecule has 0 bridgehead atoms. The van der Waals surface area contributed by atoms with Crippen molar-refractivity contribution in [3.63, 3.8) is 0 Å². The number of nitrogens with zero attached hydrogens (tertiary/aromatic N) is 2. The zero-order valence-corrected chi connectivity index (χ0v) is 12.8. The molecule has 0 radical (unpaired) electrons. The molecule has 5 heteroatoms. The van der Waals surface area contributed by atoms with Crippen LogP contribution in [0.15, 0.2) is 10.6 Å². The molecule has 1 aromatic rings. The van der Waals surface area contributed by atoms with Gasteiger partial charge in [0.2, 0.25) is 0 Å². The Morgan fingerprint density at radius 2 is 2.05 bits per heavy atom. The van der Waals surface area contributed by atoms with Crippen molar-refractivity contribution in [1.82, 2.24) is 15.4 Å². The van der Waals surface area contributed by atoms with Gasteiger partial charge in [-0.1, -0.05) is 18.0 Å². The first-order chi connectivity index (χ1) is 10.2. The lowest BCUT2D eigenvalue weighted by Crippen LogP contribution is -2.42. The quantitative estimate of drug-likeness (QED) is 0.925. The van der Waals surface area contributed by atoms with Crippen molar-refractivity contribution in [2.24, 2.45) is 5.92 Å². The normalized spacial score (nSPS) is 21.8. The first-order valence-corrected chi connectivity index (χ1v) is 8.18. The van der Waals surface area contributed by atoms with Gasteiger partial charge in [0, 0.05) is 18.7 Å². The summed E-state index contributed by atoms with van der Waals surface area (Å²) >= 11 is 0. The third-order valence-corrected chi connectivity index (χ3v) is 4.90. The Bertz CT molecular complexity index is 472. The molecule has 5 nitrogen and oxygen atoms in total. The fourth-order valence-corrected chi connectivity index (χ4v) is 3.59. The Labute approximate surface area is 126 Å². The zero-order chi connectivity index (χ0) is 14.7. The van der Waals surface area contributed by atoms with Crippen molar-refractivity contribution in [1.29, 1.82) is 0 Å². The number of amides is 1. The number of nitrogens with one attached hydrogen (secondary N) is 1. The summed E-state index contributed by atoms with van der Waals surface area (Å²) in [6, 6.07) is 2.51. The Kier molecular flexibility index (Phi) is 4.58. The van der Waals surface area contributed by atoms with Gasteiger partial charge < -0.3 is 14.7 Å². The number of carbonyl (C=O) groups is 1. The summed E-state index contributed by atoms with van der Waals surface area (Å²) in [5.74, 6) is 1.15. The Hall–Kier alpha value is -1.36. The molecule has 0 atom stereocenters. The highest BCUT2D eigenvalue weighted by molar-refractivity contribution is 5.92. The van der Waals surface area contributed by atoms with Crippen molar-refractivity contribution >= 4 is 5.91 Å². The van der Waals surface area contributed by atoms with Gasteiger partial charge in [-0.15, -0.1) is 0 Å². The molecule has 1 aliphatic carbocycles. The Morgan fingerprint density at radius 1 is 1.33 bits per heavy atom. The second kappa shape index (κ2) is 6.60. The molecule has 2 heterocycles. The number of likely N-dealkylation sites (tertiary alicyclic amines) is 1. The SMILES string of the molecule is Cc1cc(C(=O)NCC2CCN(C3CCCC3)CC2)no1. The Morgan fingerprint density at radius 3 is 2.67 bits per heavy atom. The van der Waals surface area contributed by atoms with E-state index in [0.29, 0.717) is 17.4 Å². The van der Waals surface area contributed by atoms with E-state index in [-0.39, 0.29) is 5.91 Å². The number of rotatable bonds is 4. The van der Waals surface area contributed by atoms with Crippen LogP contribution in [0.1, 0.15) is 54.8 Å². The summed E-state index contributed by atoms with van der Waals surface area (Å²) in [6.07, 6.45) is 7.94. The number of hydrogen-bond acceptors (Lipinski definition) is 4. The summed E-state index contributed by atoms with van der Waals surface area (Å²) in [5.41, 5.74) is 0.385. The number of piperidine rings is 1. The monoisotopic (exact) mass is 291 g/mol. The van der Waals surface area contributed by atoms with Gasteiger partial charge in [0.15, 0.2) is 5.69 Å². The van der Waals surface area contributed by atoms with Crippen LogP contribution in [0.25, 0.3) is 0 Å². The largest absolute Gasteiger partial charge is 0.361 e. The maximum atomic E-state index is 11.9. The highest BCUT2D eigenvalue weighted by Crippen LogP contribution is 2.27. The van der Waals surface area contributed by atoms with E-state index in [4.69, 9.17) is 4.52 Å². The molecule has 21 heavy (non-hydrogen) atoms. The second-order valence-corrected chi connectivity index (χ2v) is 6.45. The highest BCUT2D eigenvalue weighted by Gasteiger charge is 2.27. The number of aromatic nitrogens is 1. The minimum absolute atomic E-state index is 0.120. The van der Waals surface area contributed by atoms with Gasteiger partial charge in [-0.2, -0.15) is 0 Å².